The molecule has 55 heavy (non-hydrogen) atoms. The molecule has 0 aliphatic carbocycles. The number of aliphatic hydroxyl groups is 4. The molecule has 0 saturated carbocycles. The molecule has 8 unspecified atom stereocenters. The van der Waals surface area contributed by atoms with Gasteiger partial charge < -0.3 is 63.4 Å². The Morgan fingerprint density at radius 3 is 1.33 bits per heavy atom. The van der Waals surface area contributed by atoms with Crippen LogP contribution in [-0.4, -0.2) is 139 Å². The smallest absolute Gasteiger partial charge is 0.857 e. The summed E-state index contributed by atoms with van der Waals surface area (Å²) in [6.45, 7) is 19.1. The van der Waals surface area contributed by atoms with Crippen molar-refractivity contribution in [3.05, 3.63) is 0 Å². The summed E-state index contributed by atoms with van der Waals surface area (Å²) in [4.78, 5) is 75.3. The average Bonchev–Trinajstić information content (AvgIpc) is 3.50. The summed E-state index contributed by atoms with van der Waals surface area (Å²) in [6, 6.07) is 0. The van der Waals surface area contributed by atoms with E-state index in [1.54, 1.807) is 83.1 Å². The molecule has 4 N–H and O–H groups in total. The van der Waals surface area contributed by atoms with Gasteiger partial charge in [0.1, 0.15) is 12.2 Å². The molecule has 3 aliphatic heterocycles. The maximum absolute atomic E-state index is 13.1. The number of aliphatic hydroxyl groups excluding tert-OH is 4. The zero-order chi connectivity index (χ0) is 42.9. The van der Waals surface area contributed by atoms with E-state index >= 15 is 0 Å². The van der Waals surface area contributed by atoms with Crippen LogP contribution < -0.4 is 34.7 Å². The second-order valence-corrected chi connectivity index (χ2v) is 16.3. The Balaban J connectivity index is 0. The van der Waals surface area contributed by atoms with E-state index in [-0.39, 0.29) is 29.6 Å². The molecule has 0 aromatic carbocycles. The topological polar surface area (TPSA) is 280 Å². The molecule has 10 atom stereocenters. The van der Waals surface area contributed by atoms with Crippen LogP contribution in [0.3, 0.4) is 0 Å². The minimum atomic E-state index is -1.69. The van der Waals surface area contributed by atoms with Gasteiger partial charge in [-0.05, 0) is 83.1 Å². The van der Waals surface area contributed by atoms with Gasteiger partial charge in [-0.3, -0.25) is 19.2 Å². The van der Waals surface area contributed by atoms with Crippen molar-refractivity contribution in [2.24, 2.45) is 21.7 Å². The summed E-state index contributed by atoms with van der Waals surface area (Å²) in [7, 11) is 2.84. The summed E-state index contributed by atoms with van der Waals surface area (Å²) in [5, 5.41) is 42.4. The number of ether oxygens (including phenoxy) is 8. The van der Waals surface area contributed by atoms with Gasteiger partial charge in [0.2, 0.25) is 12.4 Å². The molecule has 3 aliphatic rings. The first-order chi connectivity index (χ1) is 24.5. The van der Waals surface area contributed by atoms with Gasteiger partial charge in [0.15, 0.2) is 36.8 Å². The third kappa shape index (κ3) is 15.1. The summed E-state index contributed by atoms with van der Waals surface area (Å²) < 4.78 is 42.6. The van der Waals surface area contributed by atoms with Crippen molar-refractivity contribution in [2.75, 3.05) is 21.3 Å². The minimum absolute atomic E-state index is 0. The number of rotatable bonds is 5. The van der Waals surface area contributed by atoms with E-state index in [2.05, 4.69) is 9.47 Å². The van der Waals surface area contributed by atoms with Gasteiger partial charge >= 0.3 is 65.4 Å². The van der Waals surface area contributed by atoms with E-state index in [1.165, 1.54) is 0 Å². The molecule has 0 amide bonds. The number of carbonyl (C=O) groups is 6. The monoisotopic (exact) mass is 806 g/mol. The summed E-state index contributed by atoms with van der Waals surface area (Å²) in [6.07, 6.45) is -14.1. The van der Waals surface area contributed by atoms with Crippen LogP contribution in [0.15, 0.2) is 0 Å². The zero-order valence-corrected chi connectivity index (χ0v) is 36.7. The van der Waals surface area contributed by atoms with Crippen LogP contribution in [0.5, 0.6) is 0 Å². The van der Waals surface area contributed by atoms with E-state index < -0.39 is 119 Å². The quantitative estimate of drug-likeness (QED) is 0.118. The fraction of sp³-hybridized carbons (Fsp3) is 0.829. The normalized spacial score (nSPS) is 28.6. The molecule has 0 aromatic heterocycles. The van der Waals surface area contributed by atoms with Crippen molar-refractivity contribution in [1.29, 1.82) is 0 Å². The van der Waals surface area contributed by atoms with Gasteiger partial charge in [-0.25, -0.2) is 9.59 Å². The van der Waals surface area contributed by atoms with Crippen LogP contribution in [0.1, 0.15) is 83.1 Å². The van der Waals surface area contributed by atoms with E-state index in [0.29, 0.717) is 0 Å². The second-order valence-electron chi connectivity index (χ2n) is 16.3. The number of carbonyl (C=O) groups excluding carboxylic acids is 6. The Morgan fingerprint density at radius 1 is 0.600 bits per heavy atom. The third-order valence-corrected chi connectivity index (χ3v) is 7.38. The Hall–Kier alpha value is -2.46. The SMILES string of the molecule is CO.COC(=O)C1OC(OC(=O)C(C)(C)C)C(OC(=O)C(C)(C)C)C(OC(=O)C(C)(C)C)C1OC(=O)C(C)(C)C.C[O-].O=C1OC2C(OC(O)[C@@H]2O)[C@H]1O.[Na+]. The Morgan fingerprint density at radius 2 is 0.964 bits per heavy atom. The molecule has 19 nitrogen and oxygen atoms in total. The standard InChI is InChI=1S/C27H44O11.C6H8O6.CH4O.CH3O.Na/c1-24(2,3)20(29)35-14-15(36-21(30)25(4,5)6)17(37-22(31)26(7,8)9)19(34-16(14)18(28)33-13)38-23(32)27(10,11)12;7-1-3-4(12-5(1)9)2(8)6(10)11-3;2*1-2;/h14-17,19H,1-13H3;1-5,7-9H;2H,1H3;1H3;/q;;;-1;+1/t;1-,2-,3?,4?,5?;;;/m.1.../s1. The molecule has 3 fully saturated rings. The second kappa shape index (κ2) is 21.9. The maximum atomic E-state index is 13.1. The number of fused-ring (bicyclic) bond motifs is 1. The summed E-state index contributed by atoms with van der Waals surface area (Å²) >= 11 is 0. The Labute approximate surface area is 343 Å². The first kappa shape index (κ1) is 54.6. The molecule has 3 heterocycles. The molecule has 3 rings (SSSR count). The van der Waals surface area contributed by atoms with Crippen LogP contribution in [0, 0.1) is 21.7 Å². The number of hydrogen-bond donors (Lipinski definition) is 4. The fourth-order valence-corrected chi connectivity index (χ4v) is 4.19. The molecule has 0 aromatic rings. The molecule has 20 heteroatoms. The average molecular weight is 807 g/mol. The molecule has 0 radical (unpaired) electrons. The van der Waals surface area contributed by atoms with Crippen molar-refractivity contribution in [3.63, 3.8) is 0 Å². The molecule has 0 bridgehead atoms. The molecular weight excluding hydrogens is 747 g/mol. The molecule has 0 spiro atoms. The van der Waals surface area contributed by atoms with E-state index in [9.17, 15) is 28.8 Å². The van der Waals surface area contributed by atoms with Crippen LogP contribution >= 0.6 is 0 Å². The van der Waals surface area contributed by atoms with Crippen molar-refractivity contribution in [3.8, 4) is 0 Å². The van der Waals surface area contributed by atoms with Gasteiger partial charge in [0.05, 0.1) is 28.8 Å². The van der Waals surface area contributed by atoms with Gasteiger partial charge in [0.25, 0.3) is 0 Å². The first-order valence-electron chi connectivity index (χ1n) is 16.9. The van der Waals surface area contributed by atoms with E-state index in [0.717, 1.165) is 21.3 Å². The van der Waals surface area contributed by atoms with Gasteiger partial charge in [-0.1, -0.05) is 0 Å². The minimum Gasteiger partial charge on any atom is -0.857 e. The van der Waals surface area contributed by atoms with Crippen molar-refractivity contribution in [2.45, 2.75) is 144 Å². The van der Waals surface area contributed by atoms with Crippen LogP contribution in [0.2, 0.25) is 0 Å². The van der Waals surface area contributed by atoms with Crippen LogP contribution in [0.25, 0.3) is 0 Å². The Bertz CT molecular complexity index is 1290. The molecule has 314 valence electrons. The summed E-state index contributed by atoms with van der Waals surface area (Å²) in [5.74, 6) is -4.78. The number of esters is 6. The van der Waals surface area contributed by atoms with Gasteiger partial charge in [0, 0.05) is 7.11 Å². The van der Waals surface area contributed by atoms with Crippen LogP contribution in [-0.2, 0) is 66.7 Å². The first-order valence-corrected chi connectivity index (χ1v) is 16.9. The number of methoxy groups -OCH3 is 1. The molecule has 3 saturated heterocycles. The third-order valence-electron chi connectivity index (χ3n) is 7.38. The number of hydrogen-bond acceptors (Lipinski definition) is 19. The van der Waals surface area contributed by atoms with Crippen molar-refractivity contribution >= 4 is 35.8 Å². The predicted octanol–water partition coefficient (Wildman–Crippen LogP) is -3.71. The largest absolute Gasteiger partial charge is 1.00 e. The zero-order valence-electron chi connectivity index (χ0n) is 34.7. The van der Waals surface area contributed by atoms with Crippen molar-refractivity contribution in [1.82, 2.24) is 0 Å². The summed E-state index contributed by atoms with van der Waals surface area (Å²) in [5.41, 5.74) is -4.08. The van der Waals surface area contributed by atoms with E-state index in [1.807, 2.05) is 0 Å². The van der Waals surface area contributed by atoms with Crippen LogP contribution in [0.4, 0.5) is 0 Å². The van der Waals surface area contributed by atoms with Gasteiger partial charge in [-0.2, -0.15) is 7.11 Å². The fourth-order valence-electron chi connectivity index (χ4n) is 4.19. The molecular formula is C35H59NaO19. The maximum Gasteiger partial charge on any atom is 1.00 e. The predicted molar refractivity (Wildman–Crippen MR) is 181 cm³/mol. The van der Waals surface area contributed by atoms with Gasteiger partial charge in [-0.15, -0.1) is 0 Å². The Kier molecular flexibility index (Phi) is 21.8. The van der Waals surface area contributed by atoms with Crippen molar-refractivity contribution < 1.29 is 122 Å². The van der Waals surface area contributed by atoms with E-state index in [4.69, 9.17) is 54.0 Å².